The summed E-state index contributed by atoms with van der Waals surface area (Å²) in [5.41, 5.74) is 10.4. The Labute approximate surface area is 219 Å². The average molecular weight is 537 g/mol. The highest BCUT2D eigenvalue weighted by Gasteiger charge is 2.22. The van der Waals surface area contributed by atoms with Gasteiger partial charge in [0, 0.05) is 18.4 Å². The van der Waals surface area contributed by atoms with Crippen molar-refractivity contribution in [3.8, 4) is 11.1 Å². The minimum Gasteiger partial charge on any atom is -0.326 e. The van der Waals surface area contributed by atoms with E-state index in [0.717, 1.165) is 29.5 Å². The van der Waals surface area contributed by atoms with Crippen molar-refractivity contribution in [2.45, 2.75) is 18.0 Å². The molecule has 0 spiro atoms. The first kappa shape index (κ1) is 26.8. The molecule has 2 amide bonds. The van der Waals surface area contributed by atoms with Crippen LogP contribution in [-0.4, -0.2) is 25.7 Å². The van der Waals surface area contributed by atoms with Gasteiger partial charge in [-0.2, -0.15) is 0 Å². The average Bonchev–Trinajstić information content (AvgIpc) is 2.90. The summed E-state index contributed by atoms with van der Waals surface area (Å²) < 4.78 is 54.6. The fourth-order valence-electron chi connectivity index (χ4n) is 3.90. The van der Waals surface area contributed by atoms with E-state index in [-0.39, 0.29) is 22.6 Å². The summed E-state index contributed by atoms with van der Waals surface area (Å²) in [5, 5.41) is 3.49. The Morgan fingerprint density at radius 2 is 1.50 bits per heavy atom. The molecule has 0 unspecified atom stereocenters. The first-order valence-electron chi connectivity index (χ1n) is 11.6. The molecule has 4 aromatic rings. The van der Waals surface area contributed by atoms with E-state index in [4.69, 9.17) is 5.73 Å². The zero-order valence-electron chi connectivity index (χ0n) is 20.5. The van der Waals surface area contributed by atoms with E-state index in [0.29, 0.717) is 12.2 Å². The lowest BCUT2D eigenvalue weighted by Crippen LogP contribution is -2.39. The van der Waals surface area contributed by atoms with Gasteiger partial charge in [0.1, 0.15) is 17.3 Å². The summed E-state index contributed by atoms with van der Waals surface area (Å²) >= 11 is 0. The Morgan fingerprint density at radius 1 is 0.868 bits per heavy atom. The maximum atomic E-state index is 15.1. The molecule has 38 heavy (non-hydrogen) atoms. The second-order valence-electron chi connectivity index (χ2n) is 8.60. The van der Waals surface area contributed by atoms with Crippen molar-refractivity contribution in [2.75, 3.05) is 17.0 Å². The van der Waals surface area contributed by atoms with Crippen LogP contribution in [0.25, 0.3) is 11.1 Å². The molecule has 0 heterocycles. The lowest BCUT2D eigenvalue weighted by atomic mass is 10.0. The molecule has 0 aromatic heterocycles. The lowest BCUT2D eigenvalue weighted by Gasteiger charge is -2.25. The van der Waals surface area contributed by atoms with Crippen LogP contribution in [0.4, 0.5) is 25.0 Å². The van der Waals surface area contributed by atoms with E-state index < -0.39 is 33.2 Å². The standard InChI is InChI=1S/C28H26F2N4O3S/c1-38(36,37)26-13-6-5-12-23(26)21-15-24(29)27(25(30)16-21)32-28(35)34(18-19-8-3-2-4-9-19)33-22-11-7-10-20(14-22)17-31/h2-16,33H,17-18,31H2,1H3,(H,32,35). The van der Waals surface area contributed by atoms with Gasteiger partial charge in [-0.3, -0.25) is 5.43 Å². The van der Waals surface area contributed by atoms with Gasteiger partial charge in [0.15, 0.2) is 9.84 Å². The molecule has 0 radical (unpaired) electrons. The van der Waals surface area contributed by atoms with Crippen LogP contribution in [0.15, 0.2) is 95.9 Å². The fourth-order valence-corrected chi connectivity index (χ4v) is 4.81. The van der Waals surface area contributed by atoms with Crippen molar-refractivity contribution in [1.29, 1.82) is 0 Å². The Morgan fingerprint density at radius 3 is 2.16 bits per heavy atom. The van der Waals surface area contributed by atoms with Gasteiger partial charge in [0.2, 0.25) is 0 Å². The number of nitrogens with one attached hydrogen (secondary N) is 2. The second-order valence-corrected chi connectivity index (χ2v) is 10.6. The molecular formula is C28H26F2N4O3S. The Hall–Kier alpha value is -4.28. The number of urea groups is 1. The van der Waals surface area contributed by atoms with Crippen molar-refractivity contribution >= 4 is 27.2 Å². The maximum Gasteiger partial charge on any atom is 0.340 e. The van der Waals surface area contributed by atoms with Crippen LogP contribution in [-0.2, 0) is 22.9 Å². The number of sulfone groups is 1. The summed E-state index contributed by atoms with van der Waals surface area (Å²) in [6.07, 6.45) is 1.02. The highest BCUT2D eigenvalue weighted by atomic mass is 32.2. The van der Waals surface area contributed by atoms with E-state index in [1.807, 2.05) is 36.4 Å². The van der Waals surface area contributed by atoms with Gasteiger partial charge in [-0.1, -0.05) is 60.7 Å². The van der Waals surface area contributed by atoms with E-state index >= 15 is 8.78 Å². The number of benzene rings is 4. The third kappa shape index (κ3) is 6.34. The maximum absolute atomic E-state index is 15.1. The molecule has 0 aliphatic carbocycles. The molecule has 4 aromatic carbocycles. The van der Waals surface area contributed by atoms with Gasteiger partial charge < -0.3 is 11.1 Å². The number of halogens is 2. The predicted octanol–water partition coefficient (Wildman–Crippen LogP) is 5.56. The van der Waals surface area contributed by atoms with Crippen molar-refractivity contribution in [3.63, 3.8) is 0 Å². The first-order valence-corrected chi connectivity index (χ1v) is 13.5. The highest BCUT2D eigenvalue weighted by molar-refractivity contribution is 7.90. The number of hydrazine groups is 1. The van der Waals surface area contributed by atoms with Crippen molar-refractivity contribution in [2.24, 2.45) is 5.73 Å². The smallest absolute Gasteiger partial charge is 0.326 e. The summed E-state index contributed by atoms with van der Waals surface area (Å²) in [5.74, 6) is -2.11. The largest absolute Gasteiger partial charge is 0.340 e. The molecule has 0 aliphatic rings. The van der Waals surface area contributed by atoms with Crippen LogP contribution < -0.4 is 16.5 Å². The Kier molecular flexibility index (Phi) is 8.04. The summed E-state index contributed by atoms with van der Waals surface area (Å²) in [6, 6.07) is 23.3. The fraction of sp³-hybridized carbons (Fsp3) is 0.107. The lowest BCUT2D eigenvalue weighted by molar-refractivity contribution is 0.219. The van der Waals surface area contributed by atoms with Gasteiger partial charge in [-0.15, -0.1) is 0 Å². The van der Waals surface area contributed by atoms with Gasteiger partial charge in [-0.05, 0) is 47.0 Å². The monoisotopic (exact) mass is 536 g/mol. The normalized spacial score (nSPS) is 11.2. The van der Waals surface area contributed by atoms with E-state index in [2.05, 4.69) is 10.7 Å². The molecule has 4 rings (SSSR count). The van der Waals surface area contributed by atoms with E-state index in [1.165, 1.54) is 23.2 Å². The van der Waals surface area contributed by atoms with Crippen LogP contribution in [0, 0.1) is 11.6 Å². The molecule has 7 nitrogen and oxygen atoms in total. The van der Waals surface area contributed by atoms with Crippen LogP contribution in [0.1, 0.15) is 11.1 Å². The molecule has 4 N–H and O–H groups in total. The Bertz CT molecular complexity index is 1540. The third-order valence-electron chi connectivity index (χ3n) is 5.73. The number of nitrogens with two attached hydrogens (primary N) is 1. The topological polar surface area (TPSA) is 105 Å². The minimum absolute atomic E-state index is 0.0249. The number of amides is 2. The molecule has 0 aliphatic heterocycles. The van der Waals surface area contributed by atoms with Crippen LogP contribution in [0.5, 0.6) is 0 Å². The first-order chi connectivity index (χ1) is 18.2. The summed E-state index contributed by atoms with van der Waals surface area (Å²) in [4.78, 5) is 13.2. The van der Waals surface area contributed by atoms with Gasteiger partial charge in [0.25, 0.3) is 0 Å². The molecule has 0 bridgehead atoms. The number of anilines is 2. The van der Waals surface area contributed by atoms with Crippen molar-refractivity contribution < 1.29 is 22.0 Å². The van der Waals surface area contributed by atoms with Crippen LogP contribution in [0.3, 0.4) is 0 Å². The molecule has 0 saturated heterocycles. The number of rotatable bonds is 8. The summed E-state index contributed by atoms with van der Waals surface area (Å²) in [7, 11) is -3.65. The molecular weight excluding hydrogens is 510 g/mol. The van der Waals surface area contributed by atoms with E-state index in [9.17, 15) is 13.2 Å². The van der Waals surface area contributed by atoms with Gasteiger partial charge in [0.05, 0.1) is 17.1 Å². The number of carbonyl (C=O) groups is 1. The minimum atomic E-state index is -3.65. The number of nitrogens with zero attached hydrogens (tertiary/aromatic N) is 1. The van der Waals surface area contributed by atoms with Crippen molar-refractivity contribution in [3.05, 3.63) is 114 Å². The SMILES string of the molecule is CS(=O)(=O)c1ccccc1-c1cc(F)c(NC(=O)N(Cc2ccccc2)Nc2cccc(CN)c2)c(F)c1. The van der Waals surface area contributed by atoms with Crippen molar-refractivity contribution in [1.82, 2.24) is 5.01 Å². The third-order valence-corrected chi connectivity index (χ3v) is 6.88. The Balaban J connectivity index is 1.64. The zero-order valence-corrected chi connectivity index (χ0v) is 21.3. The number of hydrogen-bond acceptors (Lipinski definition) is 5. The van der Waals surface area contributed by atoms with Gasteiger partial charge in [-0.25, -0.2) is 27.0 Å². The second kappa shape index (κ2) is 11.4. The zero-order chi connectivity index (χ0) is 27.3. The number of carbonyl (C=O) groups excluding carboxylic acids is 1. The molecule has 0 fully saturated rings. The molecule has 0 atom stereocenters. The quantitative estimate of drug-likeness (QED) is 0.256. The van der Waals surface area contributed by atoms with Crippen LogP contribution in [0.2, 0.25) is 0 Å². The summed E-state index contributed by atoms with van der Waals surface area (Å²) in [6.45, 7) is 0.383. The molecule has 0 saturated carbocycles. The molecule has 196 valence electrons. The van der Waals surface area contributed by atoms with E-state index in [1.54, 1.807) is 24.3 Å². The van der Waals surface area contributed by atoms with Crippen LogP contribution >= 0.6 is 0 Å². The van der Waals surface area contributed by atoms with Gasteiger partial charge >= 0.3 is 6.03 Å². The number of hydrogen-bond donors (Lipinski definition) is 3. The highest BCUT2D eigenvalue weighted by Crippen LogP contribution is 2.32. The molecule has 10 heteroatoms. The predicted molar refractivity (Wildman–Crippen MR) is 144 cm³/mol.